The highest BCUT2D eigenvalue weighted by Gasteiger charge is 2.24. The molecule has 0 heterocycles. The van der Waals surface area contributed by atoms with Crippen molar-refractivity contribution in [3.05, 3.63) is 0 Å². The molecule has 0 aromatic rings. The van der Waals surface area contributed by atoms with Crippen molar-refractivity contribution >= 4 is 10.0 Å². The van der Waals surface area contributed by atoms with E-state index >= 15 is 0 Å². The smallest absolute Gasteiger partial charge is 0.208 e. The van der Waals surface area contributed by atoms with Gasteiger partial charge in [-0.3, -0.25) is 0 Å². The average molecular weight is 262 g/mol. The Hall–Kier alpha value is -0.130. The Balaban J connectivity index is 2.10. The molecule has 1 saturated carbocycles. The lowest BCUT2D eigenvalue weighted by Crippen LogP contribution is -2.40. The molecule has 0 unspecified atom stereocenters. The van der Waals surface area contributed by atoms with E-state index in [1.807, 2.05) is 0 Å². The van der Waals surface area contributed by atoms with Gasteiger partial charge in [-0.1, -0.05) is 13.8 Å². The number of nitrogens with one attached hydrogen (secondary N) is 2. The van der Waals surface area contributed by atoms with Crippen LogP contribution in [-0.4, -0.2) is 33.8 Å². The second kappa shape index (κ2) is 6.71. The molecule has 2 N–H and O–H groups in total. The van der Waals surface area contributed by atoms with E-state index in [0.29, 0.717) is 12.6 Å². The predicted molar refractivity (Wildman–Crippen MR) is 71.4 cm³/mol. The highest BCUT2D eigenvalue weighted by Crippen LogP contribution is 2.28. The minimum atomic E-state index is -3.03. The highest BCUT2D eigenvalue weighted by molar-refractivity contribution is 7.88. The zero-order chi connectivity index (χ0) is 12.9. The molecule has 5 heteroatoms. The van der Waals surface area contributed by atoms with Crippen LogP contribution in [0.3, 0.4) is 0 Å². The van der Waals surface area contributed by atoms with Crippen LogP contribution >= 0.6 is 0 Å². The molecule has 1 rings (SSSR count). The largest absolute Gasteiger partial charge is 0.314 e. The number of hydrogen-bond acceptors (Lipinski definition) is 3. The molecule has 0 aliphatic heterocycles. The fourth-order valence-electron chi connectivity index (χ4n) is 2.60. The normalized spacial score (nSPS) is 30.4. The molecule has 0 spiro atoms. The van der Waals surface area contributed by atoms with Crippen LogP contribution in [0.15, 0.2) is 0 Å². The van der Waals surface area contributed by atoms with Gasteiger partial charge in [-0.05, 0) is 44.1 Å². The zero-order valence-electron chi connectivity index (χ0n) is 11.2. The molecule has 1 fully saturated rings. The molecule has 3 atom stereocenters. The summed E-state index contributed by atoms with van der Waals surface area (Å²) in [6.07, 6.45) is 5.92. The molecule has 0 bridgehead atoms. The summed E-state index contributed by atoms with van der Waals surface area (Å²) in [6, 6.07) is 0.615. The topological polar surface area (TPSA) is 58.2 Å². The summed E-state index contributed by atoms with van der Waals surface area (Å²) < 4.78 is 24.2. The van der Waals surface area contributed by atoms with Gasteiger partial charge in [-0.2, -0.15) is 0 Å². The SMILES string of the molecule is C[C@@H]1CC[C@H](NCCCNS(C)(=O)=O)[C@@H](C)C1. The summed E-state index contributed by atoms with van der Waals surface area (Å²) in [5.41, 5.74) is 0. The Morgan fingerprint density at radius 3 is 2.47 bits per heavy atom. The van der Waals surface area contributed by atoms with Gasteiger partial charge in [0, 0.05) is 12.6 Å². The Morgan fingerprint density at radius 2 is 1.88 bits per heavy atom. The summed E-state index contributed by atoms with van der Waals surface area (Å²) in [7, 11) is -3.03. The molecule has 0 saturated heterocycles. The van der Waals surface area contributed by atoms with E-state index in [0.717, 1.165) is 24.8 Å². The third-order valence-electron chi connectivity index (χ3n) is 3.56. The maximum atomic E-state index is 10.9. The molecule has 1 aliphatic rings. The number of sulfonamides is 1. The quantitative estimate of drug-likeness (QED) is 0.710. The molecule has 1 aliphatic carbocycles. The van der Waals surface area contributed by atoms with Crippen LogP contribution in [-0.2, 0) is 10.0 Å². The van der Waals surface area contributed by atoms with E-state index in [9.17, 15) is 8.42 Å². The van der Waals surface area contributed by atoms with Crippen LogP contribution < -0.4 is 10.0 Å². The van der Waals surface area contributed by atoms with Crippen molar-refractivity contribution in [1.82, 2.24) is 10.0 Å². The molecule has 0 aromatic carbocycles. The lowest BCUT2D eigenvalue weighted by atomic mass is 9.80. The minimum absolute atomic E-state index is 0.531. The molecule has 102 valence electrons. The maximum absolute atomic E-state index is 10.9. The van der Waals surface area contributed by atoms with Crippen molar-refractivity contribution in [2.24, 2.45) is 11.8 Å². The van der Waals surface area contributed by atoms with Gasteiger partial charge in [-0.25, -0.2) is 13.1 Å². The van der Waals surface area contributed by atoms with E-state index in [1.165, 1.54) is 25.5 Å². The summed E-state index contributed by atoms with van der Waals surface area (Å²) in [6.45, 7) is 6.06. The minimum Gasteiger partial charge on any atom is -0.314 e. The summed E-state index contributed by atoms with van der Waals surface area (Å²) >= 11 is 0. The van der Waals surface area contributed by atoms with Gasteiger partial charge < -0.3 is 5.32 Å². The monoisotopic (exact) mass is 262 g/mol. The fourth-order valence-corrected chi connectivity index (χ4v) is 3.12. The Kier molecular flexibility index (Phi) is 5.89. The third-order valence-corrected chi connectivity index (χ3v) is 4.28. The molecule has 0 radical (unpaired) electrons. The molecular formula is C12H26N2O2S. The van der Waals surface area contributed by atoms with Crippen molar-refractivity contribution in [3.63, 3.8) is 0 Å². The van der Waals surface area contributed by atoms with E-state index in [2.05, 4.69) is 23.9 Å². The first-order valence-electron chi connectivity index (χ1n) is 6.56. The molecule has 0 aromatic heterocycles. The third kappa shape index (κ3) is 6.38. The Bertz CT molecular complexity index is 316. The van der Waals surface area contributed by atoms with Gasteiger partial charge in [0.05, 0.1) is 6.26 Å². The Labute approximate surface area is 106 Å². The first-order chi connectivity index (χ1) is 7.88. The number of hydrogen-bond donors (Lipinski definition) is 2. The van der Waals surface area contributed by atoms with E-state index in [4.69, 9.17) is 0 Å². The summed E-state index contributed by atoms with van der Waals surface area (Å²) in [5.74, 6) is 1.59. The van der Waals surface area contributed by atoms with E-state index < -0.39 is 10.0 Å². The fraction of sp³-hybridized carbons (Fsp3) is 1.00. The van der Waals surface area contributed by atoms with Crippen LogP contribution in [0.4, 0.5) is 0 Å². The van der Waals surface area contributed by atoms with Gasteiger partial charge in [0.25, 0.3) is 0 Å². The first kappa shape index (κ1) is 14.9. The first-order valence-corrected chi connectivity index (χ1v) is 8.45. The second-order valence-electron chi connectivity index (χ2n) is 5.48. The lowest BCUT2D eigenvalue weighted by molar-refractivity contribution is 0.228. The van der Waals surface area contributed by atoms with Gasteiger partial charge in [0.2, 0.25) is 10.0 Å². The molecular weight excluding hydrogens is 236 g/mol. The van der Waals surface area contributed by atoms with Crippen molar-refractivity contribution < 1.29 is 8.42 Å². The average Bonchev–Trinajstić information content (AvgIpc) is 2.18. The van der Waals surface area contributed by atoms with Crippen LogP contribution in [0.1, 0.15) is 39.5 Å². The van der Waals surface area contributed by atoms with Gasteiger partial charge in [-0.15, -0.1) is 0 Å². The molecule has 0 amide bonds. The van der Waals surface area contributed by atoms with Crippen molar-refractivity contribution in [2.75, 3.05) is 19.3 Å². The van der Waals surface area contributed by atoms with Crippen molar-refractivity contribution in [3.8, 4) is 0 Å². The highest BCUT2D eigenvalue weighted by atomic mass is 32.2. The van der Waals surface area contributed by atoms with Crippen molar-refractivity contribution in [2.45, 2.75) is 45.6 Å². The standard InChI is InChI=1S/C12H26N2O2S/c1-10-5-6-12(11(2)9-10)13-7-4-8-14-17(3,15)16/h10-14H,4-9H2,1-3H3/t10-,11+,12+/m1/s1. The van der Waals surface area contributed by atoms with E-state index in [1.54, 1.807) is 0 Å². The Morgan fingerprint density at radius 1 is 1.18 bits per heavy atom. The van der Waals surface area contributed by atoms with Gasteiger partial charge in [0.15, 0.2) is 0 Å². The number of rotatable bonds is 6. The molecule has 17 heavy (non-hydrogen) atoms. The van der Waals surface area contributed by atoms with Crippen LogP contribution in [0.2, 0.25) is 0 Å². The van der Waals surface area contributed by atoms with Crippen LogP contribution in [0.5, 0.6) is 0 Å². The zero-order valence-corrected chi connectivity index (χ0v) is 12.0. The van der Waals surface area contributed by atoms with Crippen LogP contribution in [0, 0.1) is 11.8 Å². The molecule has 4 nitrogen and oxygen atoms in total. The van der Waals surface area contributed by atoms with Gasteiger partial charge >= 0.3 is 0 Å². The summed E-state index contributed by atoms with van der Waals surface area (Å²) in [4.78, 5) is 0. The summed E-state index contributed by atoms with van der Waals surface area (Å²) in [5, 5.41) is 3.54. The van der Waals surface area contributed by atoms with Gasteiger partial charge in [0.1, 0.15) is 0 Å². The van der Waals surface area contributed by atoms with Crippen LogP contribution in [0.25, 0.3) is 0 Å². The van der Waals surface area contributed by atoms with Crippen molar-refractivity contribution in [1.29, 1.82) is 0 Å². The predicted octanol–water partition coefficient (Wildman–Crippen LogP) is 1.34. The maximum Gasteiger partial charge on any atom is 0.208 e. The lowest BCUT2D eigenvalue weighted by Gasteiger charge is -2.33. The second-order valence-corrected chi connectivity index (χ2v) is 7.31. The van der Waals surface area contributed by atoms with E-state index in [-0.39, 0.29) is 0 Å².